The molecule has 0 spiro atoms. The lowest BCUT2D eigenvalue weighted by Gasteiger charge is -2.16. The minimum atomic E-state index is 0.0608. The van der Waals surface area contributed by atoms with Crippen LogP contribution in [0.3, 0.4) is 0 Å². The van der Waals surface area contributed by atoms with Gasteiger partial charge in [-0.05, 0) is 29.8 Å². The van der Waals surface area contributed by atoms with E-state index >= 15 is 0 Å². The normalized spacial score (nSPS) is 10.5. The summed E-state index contributed by atoms with van der Waals surface area (Å²) in [5.74, 6) is 0.401. The van der Waals surface area contributed by atoms with Crippen molar-refractivity contribution >= 4 is 55.8 Å². The van der Waals surface area contributed by atoms with Crippen LogP contribution in [0.15, 0.2) is 63.4 Å². The number of para-hydroxylation sites is 1. The average molecular weight is 449 g/mol. The van der Waals surface area contributed by atoms with Crippen LogP contribution < -0.4 is 5.32 Å². The summed E-state index contributed by atoms with van der Waals surface area (Å²) in [6.07, 6.45) is 0. The lowest BCUT2D eigenvalue weighted by atomic mass is 10.2. The molecule has 0 atom stereocenters. The van der Waals surface area contributed by atoms with E-state index in [2.05, 4.69) is 31.4 Å². The maximum Gasteiger partial charge on any atom is 0.233 e. The first-order chi connectivity index (χ1) is 12.6. The van der Waals surface area contributed by atoms with E-state index in [4.69, 9.17) is 0 Å². The van der Waals surface area contributed by atoms with E-state index in [-0.39, 0.29) is 5.91 Å². The zero-order valence-corrected chi connectivity index (χ0v) is 17.3. The average Bonchev–Trinajstić information content (AvgIpc) is 3.09. The van der Waals surface area contributed by atoms with Crippen LogP contribution in [0.4, 0.5) is 10.8 Å². The summed E-state index contributed by atoms with van der Waals surface area (Å²) >= 11 is 6.26. The predicted molar refractivity (Wildman–Crippen MR) is 111 cm³/mol. The Bertz CT molecular complexity index is 855. The zero-order chi connectivity index (χ0) is 18.4. The summed E-state index contributed by atoms with van der Waals surface area (Å²) in [7, 11) is 1.81. The Kier molecular flexibility index (Phi) is 6.65. The first-order valence-electron chi connectivity index (χ1n) is 7.87. The van der Waals surface area contributed by atoms with Crippen molar-refractivity contribution in [2.75, 3.05) is 18.1 Å². The maximum absolute atomic E-state index is 12.3. The first kappa shape index (κ1) is 18.9. The van der Waals surface area contributed by atoms with Crippen LogP contribution in [-0.2, 0) is 11.3 Å². The molecule has 0 fully saturated rings. The van der Waals surface area contributed by atoms with E-state index in [9.17, 15) is 4.79 Å². The lowest BCUT2D eigenvalue weighted by molar-refractivity contribution is -0.127. The highest BCUT2D eigenvalue weighted by Crippen LogP contribution is 2.27. The molecule has 0 saturated carbocycles. The minimum Gasteiger partial charge on any atom is -0.341 e. The fourth-order valence-electron chi connectivity index (χ4n) is 2.15. The van der Waals surface area contributed by atoms with E-state index in [0.717, 1.165) is 25.2 Å². The lowest BCUT2D eigenvalue weighted by Crippen LogP contribution is -2.27. The molecule has 1 N–H and O–H groups in total. The summed E-state index contributed by atoms with van der Waals surface area (Å²) in [6, 6.07) is 17.8. The highest BCUT2D eigenvalue weighted by atomic mass is 79.9. The van der Waals surface area contributed by atoms with Gasteiger partial charge in [-0.3, -0.25) is 4.79 Å². The Labute approximate surface area is 169 Å². The molecular weight excluding hydrogens is 432 g/mol. The van der Waals surface area contributed by atoms with Gasteiger partial charge in [0.25, 0.3) is 0 Å². The van der Waals surface area contributed by atoms with Gasteiger partial charge in [0.1, 0.15) is 0 Å². The zero-order valence-electron chi connectivity index (χ0n) is 14.1. The number of amides is 1. The molecule has 3 aromatic rings. The van der Waals surface area contributed by atoms with Gasteiger partial charge in [0.2, 0.25) is 11.0 Å². The van der Waals surface area contributed by atoms with E-state index in [0.29, 0.717) is 12.3 Å². The van der Waals surface area contributed by atoms with Crippen molar-refractivity contribution in [2.24, 2.45) is 0 Å². The van der Waals surface area contributed by atoms with Gasteiger partial charge in [0.05, 0.1) is 5.75 Å². The van der Waals surface area contributed by atoms with Crippen LogP contribution in [0.1, 0.15) is 5.56 Å². The molecule has 0 radical (unpaired) electrons. The van der Waals surface area contributed by atoms with Crippen LogP contribution in [0.25, 0.3) is 0 Å². The van der Waals surface area contributed by atoms with Gasteiger partial charge in [0, 0.05) is 23.8 Å². The van der Waals surface area contributed by atoms with Crippen LogP contribution in [-0.4, -0.2) is 33.8 Å². The predicted octanol–water partition coefficient (Wildman–Crippen LogP) is 4.79. The summed E-state index contributed by atoms with van der Waals surface area (Å²) in [6.45, 7) is 0.587. The number of rotatable bonds is 7. The molecular formula is C18H17BrN4OS2. The fraction of sp³-hybridized carbons (Fsp3) is 0.167. The molecule has 0 aliphatic heterocycles. The van der Waals surface area contributed by atoms with Gasteiger partial charge in [-0.1, -0.05) is 69.4 Å². The molecule has 1 aromatic heterocycles. The second-order valence-corrected chi connectivity index (χ2v) is 8.64. The molecule has 2 aromatic carbocycles. The van der Waals surface area contributed by atoms with Gasteiger partial charge in [-0.2, -0.15) is 0 Å². The SMILES string of the molecule is CN(Cc1ccc(Br)cc1)C(=O)CSc1nnc(Nc2ccccc2)s1. The molecule has 0 aliphatic carbocycles. The topological polar surface area (TPSA) is 58.1 Å². The second-order valence-electron chi connectivity index (χ2n) is 5.53. The van der Waals surface area contributed by atoms with Gasteiger partial charge < -0.3 is 10.2 Å². The summed E-state index contributed by atoms with van der Waals surface area (Å²) in [5.41, 5.74) is 2.06. The Morgan fingerprint density at radius 2 is 1.88 bits per heavy atom. The number of nitrogens with zero attached hydrogens (tertiary/aromatic N) is 3. The summed E-state index contributed by atoms with van der Waals surface area (Å²) < 4.78 is 1.80. The van der Waals surface area contributed by atoms with E-state index in [1.807, 2.05) is 61.6 Å². The monoisotopic (exact) mass is 448 g/mol. The molecule has 134 valence electrons. The van der Waals surface area contributed by atoms with Crippen LogP contribution in [0, 0.1) is 0 Å². The van der Waals surface area contributed by atoms with Gasteiger partial charge in [-0.15, -0.1) is 10.2 Å². The van der Waals surface area contributed by atoms with Crippen molar-refractivity contribution < 1.29 is 4.79 Å². The Morgan fingerprint density at radius 3 is 2.62 bits per heavy atom. The van der Waals surface area contributed by atoms with Crippen LogP contribution in [0.5, 0.6) is 0 Å². The second kappa shape index (κ2) is 9.16. The molecule has 26 heavy (non-hydrogen) atoms. The molecule has 1 amide bonds. The third kappa shape index (κ3) is 5.55. The standard InChI is InChI=1S/C18H17BrN4OS2/c1-23(11-13-7-9-14(19)10-8-13)16(24)12-25-18-22-21-17(26-18)20-15-5-3-2-4-6-15/h2-10H,11-12H2,1H3,(H,20,21). The largest absolute Gasteiger partial charge is 0.341 e. The molecule has 0 aliphatic rings. The molecule has 3 rings (SSSR count). The Morgan fingerprint density at radius 1 is 1.15 bits per heavy atom. The third-order valence-corrected chi connectivity index (χ3v) is 5.99. The number of carbonyl (C=O) groups excluding carboxylic acids is 1. The molecule has 0 saturated heterocycles. The smallest absolute Gasteiger partial charge is 0.233 e. The van der Waals surface area contributed by atoms with Gasteiger partial charge in [-0.25, -0.2) is 0 Å². The van der Waals surface area contributed by atoms with Crippen molar-refractivity contribution in [2.45, 2.75) is 10.9 Å². The van der Waals surface area contributed by atoms with Crippen molar-refractivity contribution in [3.63, 3.8) is 0 Å². The Hall–Kier alpha value is -1.90. The highest BCUT2D eigenvalue weighted by Gasteiger charge is 2.12. The van der Waals surface area contributed by atoms with E-state index < -0.39 is 0 Å². The summed E-state index contributed by atoms with van der Waals surface area (Å²) in [5, 5.41) is 12.2. The van der Waals surface area contributed by atoms with Crippen LogP contribution >= 0.6 is 39.0 Å². The van der Waals surface area contributed by atoms with Crippen LogP contribution in [0.2, 0.25) is 0 Å². The quantitative estimate of drug-likeness (QED) is 0.526. The number of halogens is 1. The van der Waals surface area contributed by atoms with Gasteiger partial charge in [0.15, 0.2) is 4.34 Å². The van der Waals surface area contributed by atoms with Crippen molar-refractivity contribution in [1.29, 1.82) is 0 Å². The fourth-order valence-corrected chi connectivity index (χ4v) is 4.13. The van der Waals surface area contributed by atoms with Crippen molar-refractivity contribution in [3.8, 4) is 0 Å². The number of aromatic nitrogens is 2. The highest BCUT2D eigenvalue weighted by molar-refractivity contribution is 9.10. The molecule has 5 nitrogen and oxygen atoms in total. The first-order valence-corrected chi connectivity index (χ1v) is 10.5. The molecule has 1 heterocycles. The Balaban J connectivity index is 1.49. The van der Waals surface area contributed by atoms with Gasteiger partial charge >= 0.3 is 0 Å². The van der Waals surface area contributed by atoms with E-state index in [1.165, 1.54) is 23.1 Å². The number of nitrogens with one attached hydrogen (secondary N) is 1. The number of carbonyl (C=O) groups is 1. The molecule has 8 heteroatoms. The maximum atomic E-state index is 12.3. The number of benzene rings is 2. The van der Waals surface area contributed by atoms with Crippen molar-refractivity contribution in [1.82, 2.24) is 15.1 Å². The minimum absolute atomic E-state index is 0.0608. The number of anilines is 2. The number of thioether (sulfide) groups is 1. The molecule has 0 unspecified atom stereocenters. The van der Waals surface area contributed by atoms with Crippen molar-refractivity contribution in [3.05, 3.63) is 64.6 Å². The van der Waals surface area contributed by atoms with E-state index in [1.54, 1.807) is 4.90 Å². The summed E-state index contributed by atoms with van der Waals surface area (Å²) in [4.78, 5) is 14.0. The molecule has 0 bridgehead atoms. The number of hydrogen-bond acceptors (Lipinski definition) is 6. The third-order valence-electron chi connectivity index (χ3n) is 3.51. The number of hydrogen-bond donors (Lipinski definition) is 1.